The molecule has 0 aliphatic rings. The molecule has 1 unspecified atom stereocenters. The lowest BCUT2D eigenvalue weighted by molar-refractivity contribution is -0.147. The van der Waals surface area contributed by atoms with Crippen LogP contribution in [-0.2, 0) is 33.7 Å². The van der Waals surface area contributed by atoms with Crippen molar-refractivity contribution in [1.82, 2.24) is 15.0 Å². The minimum atomic E-state index is -0.751. The summed E-state index contributed by atoms with van der Waals surface area (Å²) in [5.41, 5.74) is 5.92. The Labute approximate surface area is 234 Å². The quantitative estimate of drug-likeness (QED) is 0.200. The van der Waals surface area contributed by atoms with E-state index in [1.54, 1.807) is 6.92 Å². The van der Waals surface area contributed by atoms with Crippen molar-refractivity contribution in [2.24, 2.45) is 0 Å². The van der Waals surface area contributed by atoms with E-state index >= 15 is 0 Å². The molecule has 2 aromatic heterocycles. The van der Waals surface area contributed by atoms with Crippen molar-refractivity contribution < 1.29 is 18.8 Å². The number of carbonyl (C=O) groups excluding carboxylic acids is 2. The number of nitrogens with zero attached hydrogens (tertiary/aromatic N) is 4. The van der Waals surface area contributed by atoms with Crippen LogP contribution >= 0.6 is 0 Å². The number of para-hydroxylation sites is 1. The second-order valence-corrected chi connectivity index (χ2v) is 9.99. The third-order valence-corrected chi connectivity index (χ3v) is 6.81. The number of rotatable bonds is 11. The molecule has 0 radical (unpaired) electrons. The topological polar surface area (TPSA) is 94.0 Å². The lowest BCUT2D eigenvalue weighted by Crippen LogP contribution is -2.42. The number of amides is 1. The van der Waals surface area contributed by atoms with Crippen molar-refractivity contribution >= 4 is 34.2 Å². The maximum absolute atomic E-state index is 12.5. The number of benzene rings is 2. The maximum Gasteiger partial charge on any atom is 0.328 e. The minimum Gasteiger partial charge on any atom is -0.464 e. The monoisotopic (exact) mass is 541 g/mol. The number of hydrogen-bond donors (Lipinski definition) is 1. The van der Waals surface area contributed by atoms with Crippen LogP contribution in [0.5, 0.6) is 0 Å². The van der Waals surface area contributed by atoms with E-state index in [0.29, 0.717) is 24.2 Å². The van der Waals surface area contributed by atoms with E-state index < -0.39 is 12.0 Å². The van der Waals surface area contributed by atoms with Gasteiger partial charge in [0.1, 0.15) is 17.5 Å². The van der Waals surface area contributed by atoms with Crippen molar-refractivity contribution in [2.45, 2.75) is 52.6 Å². The van der Waals surface area contributed by atoms with Gasteiger partial charge < -0.3 is 24.0 Å². The fraction of sp³-hybridized carbons (Fsp3) is 0.355. The first kappa shape index (κ1) is 28.4. The molecule has 0 saturated heterocycles. The van der Waals surface area contributed by atoms with Crippen molar-refractivity contribution in [2.75, 3.05) is 25.6 Å². The Morgan fingerprint density at radius 3 is 2.70 bits per heavy atom. The predicted molar refractivity (Wildman–Crippen MR) is 155 cm³/mol. The smallest absolute Gasteiger partial charge is 0.328 e. The van der Waals surface area contributed by atoms with E-state index in [4.69, 9.17) is 15.8 Å². The summed E-state index contributed by atoms with van der Waals surface area (Å²) in [7, 11) is 3.87. The summed E-state index contributed by atoms with van der Waals surface area (Å²) in [5, 5.41) is 8.03. The highest BCUT2D eigenvalue weighted by molar-refractivity contribution is 5.89. The van der Waals surface area contributed by atoms with E-state index in [1.165, 1.54) is 6.92 Å². The van der Waals surface area contributed by atoms with Gasteiger partial charge in [-0.3, -0.25) is 4.79 Å². The number of aryl methyl sites for hydroxylation is 3. The van der Waals surface area contributed by atoms with E-state index in [2.05, 4.69) is 26.0 Å². The number of carbonyl (C=O) groups is 2. The molecule has 40 heavy (non-hydrogen) atoms. The SMILES string of the molecule is [C-]#[N+]c1c(-c2cc(CCCn3cc(CC(NC(C)=O)C(=O)OCC)c4ccccc43)on2)ccc(C)c1N(C)C. The van der Waals surface area contributed by atoms with E-state index in [9.17, 15) is 9.59 Å². The molecule has 2 aromatic carbocycles. The molecule has 9 heteroatoms. The van der Waals surface area contributed by atoms with Gasteiger partial charge in [-0.2, -0.15) is 0 Å². The number of esters is 1. The van der Waals surface area contributed by atoms with Crippen LogP contribution in [0.15, 0.2) is 53.2 Å². The first-order valence-electron chi connectivity index (χ1n) is 13.4. The largest absolute Gasteiger partial charge is 0.464 e. The normalized spacial score (nSPS) is 11.7. The molecule has 0 aliphatic carbocycles. The van der Waals surface area contributed by atoms with Crippen molar-refractivity contribution in [3.05, 3.63) is 77.0 Å². The number of aromatic nitrogens is 2. The molecule has 4 aromatic rings. The van der Waals surface area contributed by atoms with E-state index in [-0.39, 0.29) is 12.5 Å². The summed E-state index contributed by atoms with van der Waals surface area (Å²) >= 11 is 0. The van der Waals surface area contributed by atoms with Crippen LogP contribution in [0.25, 0.3) is 27.0 Å². The summed E-state index contributed by atoms with van der Waals surface area (Å²) in [6.07, 6.45) is 3.85. The van der Waals surface area contributed by atoms with Gasteiger partial charge in [-0.25, -0.2) is 9.64 Å². The molecule has 0 bridgehead atoms. The molecule has 1 amide bonds. The van der Waals surface area contributed by atoms with Crippen molar-refractivity contribution in [1.29, 1.82) is 0 Å². The Morgan fingerprint density at radius 2 is 2.00 bits per heavy atom. The summed E-state index contributed by atoms with van der Waals surface area (Å²) < 4.78 is 13.0. The molecule has 9 nitrogen and oxygen atoms in total. The van der Waals surface area contributed by atoms with E-state index in [0.717, 1.165) is 52.0 Å². The summed E-state index contributed by atoms with van der Waals surface area (Å²) in [5.74, 6) is 0.0336. The van der Waals surface area contributed by atoms with Crippen LogP contribution in [0.4, 0.5) is 11.4 Å². The van der Waals surface area contributed by atoms with Crippen LogP contribution in [0.3, 0.4) is 0 Å². The Balaban J connectivity index is 1.50. The molecule has 2 heterocycles. The van der Waals surface area contributed by atoms with Crippen LogP contribution in [0.1, 0.15) is 37.2 Å². The molecule has 4 rings (SSSR count). The van der Waals surface area contributed by atoms with Gasteiger partial charge in [0, 0.05) is 74.8 Å². The van der Waals surface area contributed by atoms with Gasteiger partial charge in [0.05, 0.1) is 13.2 Å². The van der Waals surface area contributed by atoms with Gasteiger partial charge in [-0.1, -0.05) is 35.5 Å². The maximum atomic E-state index is 12.5. The molecular weight excluding hydrogens is 506 g/mol. The fourth-order valence-electron chi connectivity index (χ4n) is 5.12. The molecule has 0 spiro atoms. The zero-order valence-electron chi connectivity index (χ0n) is 23.7. The first-order valence-corrected chi connectivity index (χ1v) is 13.4. The number of ether oxygens (including phenoxy) is 1. The van der Waals surface area contributed by atoms with Crippen molar-refractivity contribution in [3.8, 4) is 11.3 Å². The van der Waals surface area contributed by atoms with Gasteiger partial charge >= 0.3 is 5.97 Å². The van der Waals surface area contributed by atoms with Crippen molar-refractivity contribution in [3.63, 3.8) is 0 Å². The van der Waals surface area contributed by atoms with Gasteiger partial charge in [-0.05, 0) is 37.5 Å². The molecule has 0 fully saturated rings. The average molecular weight is 542 g/mol. The average Bonchev–Trinajstić information content (AvgIpc) is 3.53. The molecule has 0 saturated carbocycles. The predicted octanol–water partition coefficient (Wildman–Crippen LogP) is 5.46. The zero-order valence-corrected chi connectivity index (χ0v) is 23.7. The Morgan fingerprint density at radius 1 is 1.23 bits per heavy atom. The van der Waals surface area contributed by atoms with Crippen LogP contribution < -0.4 is 10.2 Å². The molecule has 0 aliphatic heterocycles. The van der Waals surface area contributed by atoms with Gasteiger partial charge in [0.15, 0.2) is 0 Å². The Bertz CT molecular complexity index is 1560. The minimum absolute atomic E-state index is 0.250. The number of fused-ring (bicyclic) bond motifs is 1. The summed E-state index contributed by atoms with van der Waals surface area (Å²) in [6.45, 7) is 13.9. The third-order valence-electron chi connectivity index (χ3n) is 6.81. The van der Waals surface area contributed by atoms with Crippen LogP contribution in [0, 0.1) is 13.5 Å². The first-order chi connectivity index (χ1) is 19.2. The summed E-state index contributed by atoms with van der Waals surface area (Å²) in [4.78, 5) is 30.0. The highest BCUT2D eigenvalue weighted by Crippen LogP contribution is 2.40. The lowest BCUT2D eigenvalue weighted by Gasteiger charge is -2.19. The molecule has 1 N–H and O–H groups in total. The van der Waals surface area contributed by atoms with Gasteiger partial charge in [0.25, 0.3) is 0 Å². The second-order valence-electron chi connectivity index (χ2n) is 9.99. The highest BCUT2D eigenvalue weighted by atomic mass is 16.5. The van der Waals surface area contributed by atoms with Crippen LogP contribution in [-0.4, -0.2) is 48.3 Å². The Kier molecular flexibility index (Phi) is 8.90. The van der Waals surface area contributed by atoms with Gasteiger partial charge in [-0.15, -0.1) is 0 Å². The Hall–Kier alpha value is -4.58. The lowest BCUT2D eigenvalue weighted by atomic mass is 10.0. The highest BCUT2D eigenvalue weighted by Gasteiger charge is 2.23. The van der Waals surface area contributed by atoms with Crippen LogP contribution in [0.2, 0.25) is 0 Å². The third kappa shape index (κ3) is 6.18. The number of hydrogen-bond acceptors (Lipinski definition) is 6. The van der Waals surface area contributed by atoms with Gasteiger partial charge in [0.2, 0.25) is 11.6 Å². The van der Waals surface area contributed by atoms with E-state index in [1.807, 2.05) is 68.5 Å². The standard InChI is InChI=1S/C31H35N5O4/c1-7-39-31(38)27(33-21(3)37)17-22-19-36(28-13-9-8-12-24(22)28)16-10-11-23-18-26(34-40-23)25-15-14-20(2)30(35(5)6)29(25)32-4/h8-9,12-15,18-19,27H,7,10-11,16-17H2,1-3,5-6H3,(H,33,37). The number of nitrogens with one attached hydrogen (secondary N) is 1. The summed E-state index contributed by atoms with van der Waals surface area (Å²) in [6, 6.07) is 13.1. The second kappa shape index (κ2) is 12.5. The number of anilines is 1. The molecule has 1 atom stereocenters. The molecule has 208 valence electrons. The fourth-order valence-corrected chi connectivity index (χ4v) is 5.12. The zero-order chi connectivity index (χ0) is 28.8. The molecular formula is C31H35N5O4.